The second kappa shape index (κ2) is 5.76. The summed E-state index contributed by atoms with van der Waals surface area (Å²) in [5.41, 5.74) is 1.95. The van der Waals surface area contributed by atoms with Gasteiger partial charge in [-0.1, -0.05) is 44.0 Å². The summed E-state index contributed by atoms with van der Waals surface area (Å²) in [6.45, 7) is 0. The van der Waals surface area contributed by atoms with Crippen LogP contribution < -0.4 is 9.47 Å². The van der Waals surface area contributed by atoms with Gasteiger partial charge in [0.2, 0.25) is 0 Å². The number of rotatable bonds is 3. The number of methoxy groups -OCH3 is 2. The van der Waals surface area contributed by atoms with Crippen molar-refractivity contribution in [3.63, 3.8) is 0 Å². The van der Waals surface area contributed by atoms with Crippen LogP contribution in [0.15, 0.2) is 45.3 Å². The first-order chi connectivity index (χ1) is 8.69. The van der Waals surface area contributed by atoms with E-state index in [4.69, 9.17) is 9.47 Å². The molecule has 2 rings (SSSR count). The topological polar surface area (TPSA) is 18.5 Å². The Morgan fingerprint density at radius 1 is 0.722 bits per heavy atom. The van der Waals surface area contributed by atoms with Gasteiger partial charge in [-0.15, -0.1) is 0 Å². The van der Waals surface area contributed by atoms with Crippen molar-refractivity contribution in [1.29, 1.82) is 0 Å². The van der Waals surface area contributed by atoms with E-state index in [0.29, 0.717) is 0 Å². The first-order valence-corrected chi connectivity index (χ1v) is 6.93. The third kappa shape index (κ3) is 2.40. The molecule has 0 radical (unpaired) electrons. The Hall–Kier alpha value is -1.00. The van der Waals surface area contributed by atoms with E-state index >= 15 is 0 Å². The normalized spacial score (nSPS) is 10.2. The number of hydrogen-bond donors (Lipinski definition) is 0. The van der Waals surface area contributed by atoms with Crippen molar-refractivity contribution in [2.24, 2.45) is 0 Å². The molecule has 94 valence electrons. The van der Waals surface area contributed by atoms with Crippen LogP contribution in [0, 0.1) is 0 Å². The Balaban J connectivity index is 2.76. The van der Waals surface area contributed by atoms with E-state index in [1.807, 2.05) is 36.4 Å². The maximum Gasteiger partial charge on any atom is 0.128 e. The molecule has 4 heteroatoms. The zero-order valence-corrected chi connectivity index (χ0v) is 13.2. The summed E-state index contributed by atoms with van der Waals surface area (Å²) in [6.07, 6.45) is 0. The Kier molecular flexibility index (Phi) is 4.30. The molecular formula is C14H12Br2O2. The van der Waals surface area contributed by atoms with Gasteiger partial charge in [0.15, 0.2) is 0 Å². The van der Waals surface area contributed by atoms with Gasteiger partial charge in [-0.3, -0.25) is 0 Å². The van der Waals surface area contributed by atoms with E-state index in [0.717, 1.165) is 31.6 Å². The van der Waals surface area contributed by atoms with Gasteiger partial charge in [0.1, 0.15) is 11.5 Å². The van der Waals surface area contributed by atoms with Crippen molar-refractivity contribution in [2.75, 3.05) is 14.2 Å². The summed E-state index contributed by atoms with van der Waals surface area (Å²) in [5.74, 6) is 1.60. The van der Waals surface area contributed by atoms with Gasteiger partial charge in [-0.25, -0.2) is 0 Å². The third-order valence-corrected chi connectivity index (χ3v) is 3.96. The molecule has 0 amide bonds. The monoisotopic (exact) mass is 370 g/mol. The molecule has 0 spiro atoms. The second-order valence-electron chi connectivity index (χ2n) is 3.63. The quantitative estimate of drug-likeness (QED) is 0.764. The van der Waals surface area contributed by atoms with Gasteiger partial charge in [0, 0.05) is 20.1 Å². The molecule has 2 aromatic carbocycles. The summed E-state index contributed by atoms with van der Waals surface area (Å²) < 4.78 is 12.8. The second-order valence-corrected chi connectivity index (χ2v) is 5.34. The summed E-state index contributed by atoms with van der Waals surface area (Å²) >= 11 is 7.13. The predicted octanol–water partition coefficient (Wildman–Crippen LogP) is 4.90. The highest BCUT2D eigenvalue weighted by atomic mass is 79.9. The van der Waals surface area contributed by atoms with Gasteiger partial charge in [-0.2, -0.15) is 0 Å². The Labute approximate surface area is 123 Å². The van der Waals surface area contributed by atoms with Crippen molar-refractivity contribution in [1.82, 2.24) is 0 Å². The lowest BCUT2D eigenvalue weighted by Crippen LogP contribution is -1.93. The minimum Gasteiger partial charge on any atom is -0.496 e. The van der Waals surface area contributed by atoms with Gasteiger partial charge in [0.05, 0.1) is 14.2 Å². The molecule has 2 nitrogen and oxygen atoms in total. The zero-order chi connectivity index (χ0) is 13.1. The van der Waals surface area contributed by atoms with E-state index in [2.05, 4.69) is 31.9 Å². The standard InChI is InChI=1S/C14H12Br2O2/c1-17-11-7-3-5-9(15)13(11)14-10(16)6-4-8-12(14)18-2/h3-8H,1-2H3. The first-order valence-electron chi connectivity index (χ1n) is 5.34. The van der Waals surface area contributed by atoms with Crippen LogP contribution in [0.3, 0.4) is 0 Å². The van der Waals surface area contributed by atoms with Gasteiger partial charge in [0.25, 0.3) is 0 Å². The lowest BCUT2D eigenvalue weighted by Gasteiger charge is -2.15. The number of hydrogen-bond acceptors (Lipinski definition) is 2. The Bertz CT molecular complexity index is 516. The van der Waals surface area contributed by atoms with Crippen LogP contribution >= 0.6 is 31.9 Å². The van der Waals surface area contributed by atoms with Crippen LogP contribution in [0.5, 0.6) is 11.5 Å². The molecule has 0 atom stereocenters. The zero-order valence-electron chi connectivity index (χ0n) is 10.0. The first kappa shape index (κ1) is 13.4. The van der Waals surface area contributed by atoms with Crippen LogP contribution in [0.4, 0.5) is 0 Å². The van der Waals surface area contributed by atoms with Crippen molar-refractivity contribution in [3.8, 4) is 22.6 Å². The van der Waals surface area contributed by atoms with Crippen LogP contribution in [0.25, 0.3) is 11.1 Å². The minimum atomic E-state index is 0.801. The van der Waals surface area contributed by atoms with E-state index < -0.39 is 0 Å². The lowest BCUT2D eigenvalue weighted by molar-refractivity contribution is 0.410. The maximum absolute atomic E-state index is 5.43. The van der Waals surface area contributed by atoms with Crippen molar-refractivity contribution in [2.45, 2.75) is 0 Å². The fraction of sp³-hybridized carbons (Fsp3) is 0.143. The van der Waals surface area contributed by atoms with Gasteiger partial charge in [-0.05, 0) is 24.3 Å². The van der Waals surface area contributed by atoms with Crippen molar-refractivity contribution in [3.05, 3.63) is 45.3 Å². The highest BCUT2D eigenvalue weighted by molar-refractivity contribution is 9.11. The fourth-order valence-electron chi connectivity index (χ4n) is 1.83. The Morgan fingerprint density at radius 3 is 1.44 bits per heavy atom. The molecule has 0 bridgehead atoms. The molecule has 2 aromatic rings. The predicted molar refractivity (Wildman–Crippen MR) is 80.4 cm³/mol. The lowest BCUT2D eigenvalue weighted by atomic mass is 10.0. The fourth-order valence-corrected chi connectivity index (χ4v) is 2.93. The summed E-state index contributed by atoms with van der Waals surface area (Å²) in [4.78, 5) is 0. The SMILES string of the molecule is COc1cccc(Br)c1-c1c(Br)cccc1OC. The molecule has 0 aliphatic rings. The molecule has 0 unspecified atom stereocenters. The average Bonchev–Trinajstić information content (AvgIpc) is 2.38. The Morgan fingerprint density at radius 2 is 1.11 bits per heavy atom. The molecule has 0 aliphatic heterocycles. The number of ether oxygens (including phenoxy) is 2. The average molecular weight is 372 g/mol. The van der Waals surface area contributed by atoms with E-state index in [1.54, 1.807) is 14.2 Å². The molecule has 18 heavy (non-hydrogen) atoms. The van der Waals surface area contributed by atoms with Crippen LogP contribution in [-0.4, -0.2) is 14.2 Å². The molecule has 0 fully saturated rings. The minimum absolute atomic E-state index is 0.801. The van der Waals surface area contributed by atoms with Gasteiger partial charge >= 0.3 is 0 Å². The summed E-state index contributed by atoms with van der Waals surface area (Å²) in [6, 6.07) is 11.7. The molecule has 0 saturated heterocycles. The van der Waals surface area contributed by atoms with E-state index in [9.17, 15) is 0 Å². The van der Waals surface area contributed by atoms with Crippen LogP contribution in [0.1, 0.15) is 0 Å². The van der Waals surface area contributed by atoms with E-state index in [1.165, 1.54) is 0 Å². The van der Waals surface area contributed by atoms with Gasteiger partial charge < -0.3 is 9.47 Å². The largest absolute Gasteiger partial charge is 0.496 e. The third-order valence-electron chi connectivity index (χ3n) is 2.64. The van der Waals surface area contributed by atoms with E-state index in [-0.39, 0.29) is 0 Å². The molecule has 0 heterocycles. The molecule has 0 aliphatic carbocycles. The smallest absolute Gasteiger partial charge is 0.128 e. The number of benzene rings is 2. The molecule has 0 saturated carbocycles. The summed E-state index contributed by atoms with van der Waals surface area (Å²) in [5, 5.41) is 0. The highest BCUT2D eigenvalue weighted by Gasteiger charge is 2.17. The molecular weight excluding hydrogens is 360 g/mol. The van der Waals surface area contributed by atoms with Crippen molar-refractivity contribution >= 4 is 31.9 Å². The summed E-state index contributed by atoms with van der Waals surface area (Å²) in [7, 11) is 3.32. The molecule has 0 N–H and O–H groups in total. The maximum atomic E-state index is 5.43. The molecule has 0 aromatic heterocycles. The van der Waals surface area contributed by atoms with Crippen LogP contribution in [-0.2, 0) is 0 Å². The van der Waals surface area contributed by atoms with Crippen LogP contribution in [0.2, 0.25) is 0 Å². The number of halogens is 2. The van der Waals surface area contributed by atoms with Crippen molar-refractivity contribution < 1.29 is 9.47 Å². The highest BCUT2D eigenvalue weighted by Crippen LogP contribution is 2.44.